The Balaban J connectivity index is 2.46. The predicted octanol–water partition coefficient (Wildman–Crippen LogP) is 3.96. The van der Waals surface area contributed by atoms with E-state index in [-0.39, 0.29) is 0 Å². The van der Waals surface area contributed by atoms with E-state index in [0.29, 0.717) is 6.54 Å². The van der Waals surface area contributed by atoms with E-state index in [4.69, 9.17) is 5.73 Å². The van der Waals surface area contributed by atoms with Crippen molar-refractivity contribution in [1.82, 2.24) is 0 Å². The summed E-state index contributed by atoms with van der Waals surface area (Å²) < 4.78 is 0. The molecule has 2 aromatic rings. The Hall–Kier alpha value is -1.80. The Morgan fingerprint density at radius 2 is 1.75 bits per heavy atom. The Morgan fingerprint density at radius 1 is 1.00 bits per heavy atom. The van der Waals surface area contributed by atoms with Gasteiger partial charge in [-0.15, -0.1) is 0 Å². The molecule has 0 aliphatic carbocycles. The first-order valence-corrected chi connectivity index (χ1v) is 7.29. The van der Waals surface area contributed by atoms with Gasteiger partial charge in [-0.05, 0) is 63.1 Å². The highest BCUT2D eigenvalue weighted by molar-refractivity contribution is 5.67. The van der Waals surface area contributed by atoms with Crippen molar-refractivity contribution in [2.24, 2.45) is 5.73 Å². The molecular weight excluding hydrogens is 244 g/mol. The first kappa shape index (κ1) is 14.6. The molecule has 0 saturated heterocycles. The molecule has 2 N–H and O–H groups in total. The molecule has 0 heterocycles. The van der Waals surface area contributed by atoms with Gasteiger partial charge in [0, 0.05) is 17.9 Å². The number of benzene rings is 2. The van der Waals surface area contributed by atoms with E-state index in [9.17, 15) is 0 Å². The van der Waals surface area contributed by atoms with E-state index < -0.39 is 0 Å². The smallest absolute Gasteiger partial charge is 0.0443 e. The van der Waals surface area contributed by atoms with Crippen LogP contribution in [0.2, 0.25) is 0 Å². The normalized spacial score (nSPS) is 10.6. The quantitative estimate of drug-likeness (QED) is 0.889. The molecule has 0 aromatic heterocycles. The molecule has 2 heteroatoms. The summed E-state index contributed by atoms with van der Waals surface area (Å²) in [5.74, 6) is 0. The van der Waals surface area contributed by atoms with Gasteiger partial charge < -0.3 is 10.6 Å². The van der Waals surface area contributed by atoms with Crippen LogP contribution in [0.25, 0.3) is 0 Å². The second-order valence-electron chi connectivity index (χ2n) is 5.25. The topological polar surface area (TPSA) is 29.3 Å². The van der Waals surface area contributed by atoms with Gasteiger partial charge in [0.15, 0.2) is 0 Å². The molecule has 0 amide bonds. The van der Waals surface area contributed by atoms with Crippen LogP contribution in [0.3, 0.4) is 0 Å². The van der Waals surface area contributed by atoms with E-state index in [1.165, 1.54) is 28.1 Å². The Labute approximate surface area is 122 Å². The van der Waals surface area contributed by atoms with Crippen LogP contribution in [0, 0.1) is 13.8 Å². The fourth-order valence-corrected chi connectivity index (χ4v) is 2.62. The molecule has 0 aliphatic heterocycles. The van der Waals surface area contributed by atoms with Crippen LogP contribution >= 0.6 is 0 Å². The summed E-state index contributed by atoms with van der Waals surface area (Å²) in [6.07, 6.45) is 0.916. The minimum Gasteiger partial charge on any atom is -0.342 e. The molecule has 0 aliphatic rings. The molecule has 20 heavy (non-hydrogen) atoms. The Morgan fingerprint density at radius 3 is 2.40 bits per heavy atom. The van der Waals surface area contributed by atoms with E-state index in [1.54, 1.807) is 0 Å². The summed E-state index contributed by atoms with van der Waals surface area (Å²) >= 11 is 0. The first-order chi connectivity index (χ1) is 9.65. The standard InChI is InChI=1S/C18H24N2/c1-4-20(17-7-5-6-14(2)13-17)18-9-8-15(3)12-16(18)10-11-19/h5-9,12-13H,4,10-11,19H2,1-3H3. The van der Waals surface area contributed by atoms with Crippen LogP contribution in [-0.4, -0.2) is 13.1 Å². The molecule has 2 rings (SSSR count). The lowest BCUT2D eigenvalue weighted by atomic mass is 10.0. The molecule has 0 radical (unpaired) electrons. The first-order valence-electron chi connectivity index (χ1n) is 7.29. The third-order valence-electron chi connectivity index (χ3n) is 3.57. The zero-order valence-electron chi connectivity index (χ0n) is 12.7. The molecule has 0 spiro atoms. The molecule has 106 valence electrons. The van der Waals surface area contributed by atoms with E-state index in [1.807, 2.05) is 0 Å². The number of anilines is 2. The zero-order valence-corrected chi connectivity index (χ0v) is 12.7. The van der Waals surface area contributed by atoms with Gasteiger partial charge in [0.2, 0.25) is 0 Å². The van der Waals surface area contributed by atoms with Gasteiger partial charge >= 0.3 is 0 Å². The van der Waals surface area contributed by atoms with Crippen molar-refractivity contribution in [3.05, 3.63) is 59.2 Å². The van der Waals surface area contributed by atoms with E-state index in [0.717, 1.165) is 13.0 Å². The van der Waals surface area contributed by atoms with Gasteiger partial charge in [-0.25, -0.2) is 0 Å². The molecule has 0 fully saturated rings. The molecule has 2 aromatic carbocycles. The van der Waals surface area contributed by atoms with Crippen molar-refractivity contribution >= 4 is 11.4 Å². The monoisotopic (exact) mass is 268 g/mol. The summed E-state index contributed by atoms with van der Waals surface area (Å²) in [7, 11) is 0. The zero-order chi connectivity index (χ0) is 14.5. The summed E-state index contributed by atoms with van der Waals surface area (Å²) in [6.45, 7) is 8.08. The number of aryl methyl sites for hydroxylation is 2. The Kier molecular flexibility index (Phi) is 4.80. The summed E-state index contributed by atoms with van der Waals surface area (Å²) in [6, 6.07) is 15.3. The highest BCUT2D eigenvalue weighted by Crippen LogP contribution is 2.30. The fraction of sp³-hybridized carbons (Fsp3) is 0.333. The van der Waals surface area contributed by atoms with Gasteiger partial charge in [-0.1, -0.05) is 29.8 Å². The van der Waals surface area contributed by atoms with Crippen LogP contribution in [0.1, 0.15) is 23.6 Å². The second kappa shape index (κ2) is 6.58. The summed E-state index contributed by atoms with van der Waals surface area (Å²) in [4.78, 5) is 2.36. The van der Waals surface area contributed by atoms with Crippen molar-refractivity contribution in [2.45, 2.75) is 27.2 Å². The number of nitrogens with two attached hydrogens (primary N) is 1. The lowest BCUT2D eigenvalue weighted by Gasteiger charge is -2.26. The summed E-state index contributed by atoms with van der Waals surface area (Å²) in [5.41, 5.74) is 12.2. The molecular formula is C18H24N2. The average molecular weight is 268 g/mol. The SMILES string of the molecule is CCN(c1cccc(C)c1)c1ccc(C)cc1CCN. The van der Waals surface area contributed by atoms with E-state index in [2.05, 4.69) is 68.1 Å². The maximum Gasteiger partial charge on any atom is 0.0443 e. The fourth-order valence-electron chi connectivity index (χ4n) is 2.62. The van der Waals surface area contributed by atoms with Crippen molar-refractivity contribution in [3.63, 3.8) is 0 Å². The molecule has 0 atom stereocenters. The lowest BCUT2D eigenvalue weighted by molar-refractivity contribution is 0.939. The molecule has 0 saturated carbocycles. The predicted molar refractivity (Wildman–Crippen MR) is 87.8 cm³/mol. The highest BCUT2D eigenvalue weighted by atomic mass is 15.1. The van der Waals surface area contributed by atoms with Crippen molar-refractivity contribution in [1.29, 1.82) is 0 Å². The van der Waals surface area contributed by atoms with E-state index >= 15 is 0 Å². The van der Waals surface area contributed by atoms with Crippen LogP contribution in [0.5, 0.6) is 0 Å². The molecule has 0 bridgehead atoms. The minimum atomic E-state index is 0.682. The van der Waals surface area contributed by atoms with Crippen LogP contribution < -0.4 is 10.6 Å². The van der Waals surface area contributed by atoms with Crippen LogP contribution in [0.15, 0.2) is 42.5 Å². The number of hydrogen-bond acceptors (Lipinski definition) is 2. The number of nitrogens with zero attached hydrogens (tertiary/aromatic N) is 1. The van der Waals surface area contributed by atoms with Crippen LogP contribution in [0.4, 0.5) is 11.4 Å². The van der Waals surface area contributed by atoms with Gasteiger partial charge in [-0.2, -0.15) is 0 Å². The lowest BCUT2D eigenvalue weighted by Crippen LogP contribution is -2.19. The molecule has 2 nitrogen and oxygen atoms in total. The maximum atomic E-state index is 5.77. The maximum absolute atomic E-state index is 5.77. The minimum absolute atomic E-state index is 0.682. The molecule has 0 unspecified atom stereocenters. The average Bonchev–Trinajstić information content (AvgIpc) is 2.42. The van der Waals surface area contributed by atoms with Gasteiger partial charge in [0.05, 0.1) is 0 Å². The van der Waals surface area contributed by atoms with Crippen molar-refractivity contribution < 1.29 is 0 Å². The van der Waals surface area contributed by atoms with Crippen LogP contribution in [-0.2, 0) is 6.42 Å². The highest BCUT2D eigenvalue weighted by Gasteiger charge is 2.11. The number of rotatable bonds is 5. The van der Waals surface area contributed by atoms with Gasteiger partial charge in [0.1, 0.15) is 0 Å². The largest absolute Gasteiger partial charge is 0.342 e. The third kappa shape index (κ3) is 3.20. The summed E-state index contributed by atoms with van der Waals surface area (Å²) in [5, 5.41) is 0. The van der Waals surface area contributed by atoms with Gasteiger partial charge in [0.25, 0.3) is 0 Å². The Bertz CT molecular complexity index is 575. The van der Waals surface area contributed by atoms with Crippen molar-refractivity contribution in [3.8, 4) is 0 Å². The third-order valence-corrected chi connectivity index (χ3v) is 3.57. The second-order valence-corrected chi connectivity index (χ2v) is 5.25. The number of hydrogen-bond donors (Lipinski definition) is 1. The van der Waals surface area contributed by atoms with Gasteiger partial charge in [-0.3, -0.25) is 0 Å². The van der Waals surface area contributed by atoms with Crippen molar-refractivity contribution in [2.75, 3.05) is 18.0 Å².